The van der Waals surface area contributed by atoms with E-state index in [-0.39, 0.29) is 36.5 Å². The molecular weight excluding hydrogens is 587 g/mol. The van der Waals surface area contributed by atoms with Gasteiger partial charge in [-0.1, -0.05) is 18.2 Å². The van der Waals surface area contributed by atoms with E-state index in [9.17, 15) is 45.1 Å². The van der Waals surface area contributed by atoms with Gasteiger partial charge in [0, 0.05) is 38.4 Å². The summed E-state index contributed by atoms with van der Waals surface area (Å²) in [5.41, 5.74) is -1.33. The van der Waals surface area contributed by atoms with Gasteiger partial charge in [0.05, 0.1) is 16.7 Å². The second kappa shape index (κ2) is 12.3. The van der Waals surface area contributed by atoms with Crippen molar-refractivity contribution in [2.45, 2.75) is 18.4 Å². The van der Waals surface area contributed by atoms with Crippen LogP contribution in [-0.2, 0) is 21.9 Å². The van der Waals surface area contributed by atoms with Crippen LogP contribution < -0.4 is 10.1 Å². The van der Waals surface area contributed by atoms with Gasteiger partial charge in [0.2, 0.25) is 0 Å². The van der Waals surface area contributed by atoms with Gasteiger partial charge in [-0.3, -0.25) is 9.59 Å². The van der Waals surface area contributed by atoms with Crippen LogP contribution >= 0.6 is 0 Å². The van der Waals surface area contributed by atoms with Crippen LogP contribution in [0.25, 0.3) is 11.1 Å². The summed E-state index contributed by atoms with van der Waals surface area (Å²) in [6.07, 6.45) is -8.99. The number of aldehydes is 1. The molecule has 4 rings (SSSR count). The number of amides is 2. The molecule has 3 aromatic rings. The minimum atomic E-state index is -4.90. The Bertz CT molecular complexity index is 1520. The normalized spacial score (nSPS) is 15.7. The van der Waals surface area contributed by atoms with Gasteiger partial charge in [-0.15, -0.1) is 0 Å². The minimum Gasteiger partial charge on any atom is -0.484 e. The van der Waals surface area contributed by atoms with E-state index in [1.807, 2.05) is 0 Å². The van der Waals surface area contributed by atoms with Crippen molar-refractivity contribution in [3.05, 3.63) is 83.2 Å². The summed E-state index contributed by atoms with van der Waals surface area (Å²) in [7, 11) is 1.55. The third-order valence-corrected chi connectivity index (χ3v) is 6.84. The molecule has 1 N–H and O–H groups in total. The molecule has 1 unspecified atom stereocenters. The van der Waals surface area contributed by atoms with E-state index in [4.69, 9.17) is 4.74 Å². The molecule has 228 valence electrons. The fourth-order valence-electron chi connectivity index (χ4n) is 4.61. The van der Waals surface area contributed by atoms with Gasteiger partial charge in [-0.2, -0.15) is 26.3 Å². The van der Waals surface area contributed by atoms with Crippen molar-refractivity contribution in [3.8, 4) is 16.9 Å². The zero-order valence-electron chi connectivity index (χ0n) is 22.4. The Morgan fingerprint density at radius 3 is 2.30 bits per heavy atom. The van der Waals surface area contributed by atoms with Crippen LogP contribution in [0.4, 0.5) is 36.4 Å². The fourth-order valence-corrected chi connectivity index (χ4v) is 4.61. The Kier molecular flexibility index (Phi) is 8.97. The number of nitrogens with zero attached hydrogens (tertiary/aromatic N) is 2. The highest BCUT2D eigenvalue weighted by atomic mass is 19.4. The van der Waals surface area contributed by atoms with Crippen molar-refractivity contribution in [2.24, 2.45) is 0 Å². The lowest BCUT2D eigenvalue weighted by Gasteiger charge is -2.39. The molecule has 0 spiro atoms. The molecule has 0 radical (unpaired) electrons. The van der Waals surface area contributed by atoms with E-state index in [2.05, 4.69) is 5.32 Å². The smallest absolute Gasteiger partial charge is 0.419 e. The first-order valence-electron chi connectivity index (χ1n) is 12.8. The van der Waals surface area contributed by atoms with E-state index in [1.165, 1.54) is 34.1 Å². The molecule has 7 nitrogen and oxygen atoms in total. The fraction of sp³-hybridized carbons (Fsp3) is 0.276. The lowest BCUT2D eigenvalue weighted by molar-refractivity contribution is -0.140. The van der Waals surface area contributed by atoms with E-state index in [1.54, 1.807) is 13.1 Å². The van der Waals surface area contributed by atoms with Crippen molar-refractivity contribution in [1.29, 1.82) is 0 Å². The van der Waals surface area contributed by atoms with Gasteiger partial charge < -0.3 is 24.6 Å². The molecule has 2 amide bonds. The van der Waals surface area contributed by atoms with E-state index in [0.29, 0.717) is 29.7 Å². The Morgan fingerprint density at radius 2 is 1.67 bits per heavy atom. The van der Waals surface area contributed by atoms with Crippen LogP contribution in [0.1, 0.15) is 21.5 Å². The van der Waals surface area contributed by atoms with Crippen LogP contribution in [0, 0.1) is 5.82 Å². The quantitative estimate of drug-likeness (QED) is 0.282. The number of hydrogen-bond donors (Lipinski definition) is 1. The average Bonchev–Trinajstić information content (AvgIpc) is 2.97. The number of carbonyl (C=O) groups excluding carboxylic acids is 3. The number of rotatable bonds is 7. The molecule has 0 aliphatic carbocycles. The number of piperazine rings is 1. The van der Waals surface area contributed by atoms with Crippen molar-refractivity contribution in [2.75, 3.05) is 38.6 Å². The summed E-state index contributed by atoms with van der Waals surface area (Å²) in [5, 5.41) is 2.85. The summed E-state index contributed by atoms with van der Waals surface area (Å²) >= 11 is 0. The van der Waals surface area contributed by atoms with Crippen LogP contribution in [-0.4, -0.2) is 67.2 Å². The molecule has 1 saturated heterocycles. The SMILES string of the molecule is CNc1ccc(-c2cccc(C(F)(F)F)c2)cc1C(=O)N1CCN(C(=O)COc2ccc(C(F)(F)F)c(F)c2)CC1C=O. The Labute approximate surface area is 240 Å². The molecule has 14 heteroatoms. The number of nitrogens with one attached hydrogen (secondary N) is 1. The minimum absolute atomic E-state index is 0.0259. The van der Waals surface area contributed by atoms with Gasteiger partial charge in [0.1, 0.15) is 23.9 Å². The number of benzene rings is 3. The highest BCUT2D eigenvalue weighted by molar-refractivity contribution is 6.02. The van der Waals surface area contributed by atoms with Crippen molar-refractivity contribution < 1.29 is 49.9 Å². The molecule has 1 aliphatic heterocycles. The lowest BCUT2D eigenvalue weighted by atomic mass is 9.98. The van der Waals surface area contributed by atoms with Gasteiger partial charge in [-0.25, -0.2) is 4.39 Å². The van der Waals surface area contributed by atoms with Gasteiger partial charge in [0.25, 0.3) is 11.8 Å². The van der Waals surface area contributed by atoms with E-state index < -0.39 is 53.8 Å². The third kappa shape index (κ3) is 7.07. The highest BCUT2D eigenvalue weighted by Gasteiger charge is 2.36. The summed E-state index contributed by atoms with van der Waals surface area (Å²) in [6.45, 7) is -0.990. The lowest BCUT2D eigenvalue weighted by Crippen LogP contribution is -2.58. The predicted octanol–water partition coefficient (Wildman–Crippen LogP) is 5.50. The molecule has 1 fully saturated rings. The summed E-state index contributed by atoms with van der Waals surface area (Å²) in [4.78, 5) is 40.7. The predicted molar refractivity (Wildman–Crippen MR) is 141 cm³/mol. The highest BCUT2D eigenvalue weighted by Crippen LogP contribution is 2.34. The second-order valence-corrected chi connectivity index (χ2v) is 9.56. The van der Waals surface area contributed by atoms with E-state index >= 15 is 0 Å². The first-order chi connectivity index (χ1) is 20.2. The maximum Gasteiger partial charge on any atom is 0.419 e. The first-order valence-corrected chi connectivity index (χ1v) is 12.8. The van der Waals surface area contributed by atoms with Gasteiger partial charge >= 0.3 is 12.4 Å². The largest absolute Gasteiger partial charge is 0.484 e. The van der Waals surface area contributed by atoms with Crippen molar-refractivity contribution in [1.82, 2.24) is 9.80 Å². The maximum atomic E-state index is 13.8. The molecule has 1 aliphatic rings. The van der Waals surface area contributed by atoms with Gasteiger partial charge in [0.15, 0.2) is 6.61 Å². The number of alkyl halides is 6. The summed E-state index contributed by atoms with van der Waals surface area (Å²) in [5.74, 6) is -3.12. The molecule has 0 saturated carbocycles. The number of anilines is 1. The molecule has 3 aromatic carbocycles. The van der Waals surface area contributed by atoms with E-state index in [0.717, 1.165) is 18.2 Å². The number of hydrogen-bond acceptors (Lipinski definition) is 5. The Hall–Kier alpha value is -4.62. The topological polar surface area (TPSA) is 79.0 Å². The monoisotopic (exact) mass is 611 g/mol. The number of ether oxygens (including phenoxy) is 1. The Morgan fingerprint density at radius 1 is 0.953 bits per heavy atom. The molecular formula is C29H24F7N3O4. The number of halogens is 7. The number of carbonyl (C=O) groups is 3. The summed E-state index contributed by atoms with van der Waals surface area (Å²) < 4.78 is 96.9. The van der Waals surface area contributed by atoms with Gasteiger partial charge in [-0.05, 0) is 47.5 Å². The summed E-state index contributed by atoms with van der Waals surface area (Å²) in [6, 6.07) is 9.89. The Balaban J connectivity index is 1.47. The zero-order chi connectivity index (χ0) is 31.5. The van der Waals surface area contributed by atoms with Crippen molar-refractivity contribution in [3.63, 3.8) is 0 Å². The molecule has 43 heavy (non-hydrogen) atoms. The first kappa shape index (κ1) is 31.3. The molecule has 1 heterocycles. The van der Waals surface area contributed by atoms with Crippen LogP contribution in [0.15, 0.2) is 60.7 Å². The van der Waals surface area contributed by atoms with Crippen LogP contribution in [0.3, 0.4) is 0 Å². The standard InChI is InChI=1S/C29H24F7N3O4/c1-37-25-8-5-18(17-3-2-4-19(11-17)28(31,32)33)12-22(25)27(42)39-10-9-38(14-20(39)15-40)26(41)16-43-21-6-7-23(24(30)13-21)29(34,35)36/h2-8,11-13,15,20,37H,9-10,14,16H2,1H3. The molecule has 0 aromatic heterocycles. The molecule has 1 atom stereocenters. The third-order valence-electron chi connectivity index (χ3n) is 6.84. The second-order valence-electron chi connectivity index (χ2n) is 9.56. The van der Waals surface area contributed by atoms with Crippen LogP contribution in [0.5, 0.6) is 5.75 Å². The van der Waals surface area contributed by atoms with Crippen molar-refractivity contribution >= 4 is 23.8 Å². The molecule has 0 bridgehead atoms. The zero-order valence-corrected chi connectivity index (χ0v) is 22.4. The van der Waals surface area contributed by atoms with Crippen LogP contribution in [0.2, 0.25) is 0 Å². The maximum absolute atomic E-state index is 13.8. The average molecular weight is 612 g/mol.